The number of rotatable bonds is 5. The lowest BCUT2D eigenvalue weighted by Gasteiger charge is -1.97. The fourth-order valence-corrected chi connectivity index (χ4v) is 0.866. The second-order valence-electron chi connectivity index (χ2n) is 2.43. The first kappa shape index (κ1) is 8.64. The molecule has 0 aliphatic heterocycles. The van der Waals surface area contributed by atoms with Crippen LogP contribution in [0.25, 0.3) is 0 Å². The van der Waals surface area contributed by atoms with Crippen LogP contribution in [0.4, 0.5) is 0 Å². The molecule has 0 aliphatic carbocycles. The Balaban J connectivity index is 2.19. The lowest BCUT2D eigenvalue weighted by Crippen LogP contribution is -2.01. The number of carbonyl (C=O) groups is 1. The predicted octanol–water partition coefficient (Wildman–Crippen LogP) is 0.813. The SMILES string of the molecule is C=CC(=O)CCCn1cncn1. The number of allylic oxidation sites excluding steroid dienone is 1. The lowest BCUT2D eigenvalue weighted by atomic mass is 10.2. The number of aromatic nitrogens is 3. The molecule has 0 radical (unpaired) electrons. The molecule has 0 bridgehead atoms. The first-order valence-electron chi connectivity index (χ1n) is 3.80. The van der Waals surface area contributed by atoms with Crippen LogP contribution in [0.5, 0.6) is 0 Å². The highest BCUT2D eigenvalue weighted by Crippen LogP contribution is 1.94. The second kappa shape index (κ2) is 4.43. The van der Waals surface area contributed by atoms with Crippen LogP contribution in [0.15, 0.2) is 25.3 Å². The summed E-state index contributed by atoms with van der Waals surface area (Å²) in [6, 6.07) is 0. The van der Waals surface area contributed by atoms with Crippen LogP contribution in [0.2, 0.25) is 0 Å². The molecule has 1 heterocycles. The Morgan fingerprint density at radius 2 is 2.50 bits per heavy atom. The van der Waals surface area contributed by atoms with Crippen molar-refractivity contribution in [1.29, 1.82) is 0 Å². The van der Waals surface area contributed by atoms with E-state index in [0.717, 1.165) is 13.0 Å². The summed E-state index contributed by atoms with van der Waals surface area (Å²) in [5.74, 6) is 0.0788. The van der Waals surface area contributed by atoms with Gasteiger partial charge in [0.1, 0.15) is 12.7 Å². The topological polar surface area (TPSA) is 47.8 Å². The van der Waals surface area contributed by atoms with Gasteiger partial charge in [-0.3, -0.25) is 9.48 Å². The molecule has 1 aromatic heterocycles. The van der Waals surface area contributed by atoms with Crippen molar-refractivity contribution in [2.45, 2.75) is 19.4 Å². The van der Waals surface area contributed by atoms with Gasteiger partial charge in [0, 0.05) is 13.0 Å². The Morgan fingerprint density at radius 3 is 3.08 bits per heavy atom. The molecule has 0 fully saturated rings. The van der Waals surface area contributed by atoms with Crippen molar-refractivity contribution in [2.75, 3.05) is 0 Å². The molecule has 0 N–H and O–H groups in total. The summed E-state index contributed by atoms with van der Waals surface area (Å²) in [4.78, 5) is 14.6. The van der Waals surface area contributed by atoms with Gasteiger partial charge in [0.15, 0.2) is 5.78 Å². The van der Waals surface area contributed by atoms with Crippen molar-refractivity contribution in [3.63, 3.8) is 0 Å². The Kier molecular flexibility index (Phi) is 3.19. The molecule has 12 heavy (non-hydrogen) atoms. The average molecular weight is 165 g/mol. The minimum atomic E-state index is 0.0788. The van der Waals surface area contributed by atoms with E-state index in [1.807, 2.05) is 0 Å². The van der Waals surface area contributed by atoms with Gasteiger partial charge >= 0.3 is 0 Å². The maximum Gasteiger partial charge on any atom is 0.155 e. The molecule has 0 saturated heterocycles. The summed E-state index contributed by atoms with van der Waals surface area (Å²) in [5.41, 5.74) is 0. The van der Waals surface area contributed by atoms with Crippen LogP contribution in [0.1, 0.15) is 12.8 Å². The maximum absolute atomic E-state index is 10.8. The van der Waals surface area contributed by atoms with Gasteiger partial charge in [-0.05, 0) is 12.5 Å². The van der Waals surface area contributed by atoms with E-state index in [0.29, 0.717) is 6.42 Å². The minimum Gasteiger partial charge on any atom is -0.295 e. The van der Waals surface area contributed by atoms with Crippen LogP contribution in [0.3, 0.4) is 0 Å². The van der Waals surface area contributed by atoms with Gasteiger partial charge < -0.3 is 0 Å². The largest absolute Gasteiger partial charge is 0.295 e. The molecule has 0 aromatic carbocycles. The molecule has 0 unspecified atom stereocenters. The molecule has 0 spiro atoms. The van der Waals surface area contributed by atoms with Gasteiger partial charge in [0.2, 0.25) is 0 Å². The van der Waals surface area contributed by atoms with E-state index in [9.17, 15) is 4.79 Å². The normalized spacial score (nSPS) is 9.67. The minimum absolute atomic E-state index is 0.0788. The van der Waals surface area contributed by atoms with E-state index in [4.69, 9.17) is 0 Å². The van der Waals surface area contributed by atoms with Crippen molar-refractivity contribution >= 4 is 5.78 Å². The van der Waals surface area contributed by atoms with E-state index in [2.05, 4.69) is 16.7 Å². The molecule has 0 saturated carbocycles. The maximum atomic E-state index is 10.8. The molecule has 4 heteroatoms. The number of hydrogen-bond donors (Lipinski definition) is 0. The van der Waals surface area contributed by atoms with Crippen LogP contribution >= 0.6 is 0 Å². The van der Waals surface area contributed by atoms with E-state index in [1.165, 1.54) is 12.4 Å². The summed E-state index contributed by atoms with van der Waals surface area (Å²) >= 11 is 0. The monoisotopic (exact) mass is 165 g/mol. The summed E-state index contributed by atoms with van der Waals surface area (Å²) in [6.07, 6.45) is 5.78. The molecular weight excluding hydrogens is 154 g/mol. The average Bonchev–Trinajstić information content (AvgIpc) is 2.57. The molecule has 64 valence electrons. The first-order chi connectivity index (χ1) is 5.83. The molecule has 0 atom stereocenters. The fourth-order valence-electron chi connectivity index (χ4n) is 0.866. The Bertz CT molecular complexity index is 253. The van der Waals surface area contributed by atoms with Gasteiger partial charge in [0.05, 0.1) is 0 Å². The Morgan fingerprint density at radius 1 is 1.67 bits per heavy atom. The Hall–Kier alpha value is -1.45. The highest BCUT2D eigenvalue weighted by molar-refractivity contribution is 5.88. The number of ketones is 1. The predicted molar refractivity (Wildman–Crippen MR) is 44.5 cm³/mol. The van der Waals surface area contributed by atoms with E-state index in [-0.39, 0.29) is 5.78 Å². The highest BCUT2D eigenvalue weighted by atomic mass is 16.1. The van der Waals surface area contributed by atoms with Crippen LogP contribution in [-0.2, 0) is 11.3 Å². The van der Waals surface area contributed by atoms with E-state index < -0.39 is 0 Å². The third-order valence-corrected chi connectivity index (χ3v) is 1.50. The zero-order valence-corrected chi connectivity index (χ0v) is 6.81. The summed E-state index contributed by atoms with van der Waals surface area (Å²) in [6.45, 7) is 4.13. The molecule has 1 rings (SSSR count). The number of hydrogen-bond acceptors (Lipinski definition) is 3. The van der Waals surface area contributed by atoms with Gasteiger partial charge in [-0.1, -0.05) is 6.58 Å². The van der Waals surface area contributed by atoms with E-state index in [1.54, 1.807) is 11.0 Å². The van der Waals surface area contributed by atoms with E-state index >= 15 is 0 Å². The van der Waals surface area contributed by atoms with Gasteiger partial charge in [-0.25, -0.2) is 4.98 Å². The summed E-state index contributed by atoms with van der Waals surface area (Å²) < 4.78 is 1.70. The Labute approximate surface area is 70.9 Å². The number of aryl methyl sites for hydroxylation is 1. The van der Waals surface area contributed by atoms with Gasteiger partial charge in [-0.2, -0.15) is 5.10 Å². The molecule has 1 aromatic rings. The molecule has 0 amide bonds. The zero-order valence-electron chi connectivity index (χ0n) is 6.81. The number of nitrogens with zero attached hydrogens (tertiary/aromatic N) is 3. The van der Waals surface area contributed by atoms with Gasteiger partial charge in [0.25, 0.3) is 0 Å². The molecule has 0 aliphatic rings. The van der Waals surface area contributed by atoms with Crippen molar-refractivity contribution in [3.05, 3.63) is 25.3 Å². The lowest BCUT2D eigenvalue weighted by molar-refractivity contribution is -0.114. The van der Waals surface area contributed by atoms with Crippen molar-refractivity contribution in [1.82, 2.24) is 14.8 Å². The third kappa shape index (κ3) is 2.65. The fraction of sp³-hybridized carbons (Fsp3) is 0.375. The van der Waals surface area contributed by atoms with Crippen molar-refractivity contribution in [2.24, 2.45) is 0 Å². The zero-order chi connectivity index (χ0) is 8.81. The third-order valence-electron chi connectivity index (χ3n) is 1.50. The summed E-state index contributed by atoms with van der Waals surface area (Å²) in [5, 5.41) is 3.91. The summed E-state index contributed by atoms with van der Waals surface area (Å²) in [7, 11) is 0. The van der Waals surface area contributed by atoms with Crippen molar-refractivity contribution < 1.29 is 4.79 Å². The van der Waals surface area contributed by atoms with Crippen LogP contribution in [-0.4, -0.2) is 20.5 Å². The molecule has 4 nitrogen and oxygen atoms in total. The van der Waals surface area contributed by atoms with Crippen molar-refractivity contribution in [3.8, 4) is 0 Å². The van der Waals surface area contributed by atoms with Crippen LogP contribution < -0.4 is 0 Å². The quantitative estimate of drug-likeness (QED) is 0.607. The van der Waals surface area contributed by atoms with Gasteiger partial charge in [-0.15, -0.1) is 0 Å². The molecular formula is C8H11N3O. The second-order valence-corrected chi connectivity index (χ2v) is 2.43. The van der Waals surface area contributed by atoms with Crippen LogP contribution in [0, 0.1) is 0 Å². The first-order valence-corrected chi connectivity index (χ1v) is 3.80. The smallest absolute Gasteiger partial charge is 0.155 e. The number of carbonyl (C=O) groups excluding carboxylic acids is 1. The highest BCUT2D eigenvalue weighted by Gasteiger charge is 1.96. The standard InChI is InChI=1S/C8H11N3O/c1-2-8(12)4-3-5-11-7-9-6-10-11/h2,6-7H,1,3-5H2.